The van der Waals surface area contributed by atoms with Gasteiger partial charge in [-0.2, -0.15) is 0 Å². The van der Waals surface area contributed by atoms with Crippen LogP contribution in [-0.4, -0.2) is 23.8 Å². The largest absolute Gasteiger partial charge is 0.427 e. The van der Waals surface area contributed by atoms with E-state index in [1.54, 1.807) is 42.5 Å². The molecule has 2 aromatic carbocycles. The highest BCUT2D eigenvalue weighted by molar-refractivity contribution is 9.11. The molecule has 2 aromatic rings. The molecule has 0 fully saturated rings. The van der Waals surface area contributed by atoms with Gasteiger partial charge in [-0.25, -0.2) is 9.79 Å². The minimum absolute atomic E-state index is 0.0944. The molecule has 1 heterocycles. The maximum Gasteiger partial charge on any atom is 0.363 e. The van der Waals surface area contributed by atoms with E-state index in [1.165, 1.54) is 13.8 Å². The number of ether oxygens (including phenoxy) is 3. The van der Waals surface area contributed by atoms with Crippen molar-refractivity contribution in [1.82, 2.24) is 0 Å². The van der Waals surface area contributed by atoms with Crippen LogP contribution in [0.5, 0.6) is 11.5 Å². The number of hydrogen-bond acceptors (Lipinski definition) is 7. The van der Waals surface area contributed by atoms with Crippen molar-refractivity contribution < 1.29 is 28.6 Å². The number of carbonyl (C=O) groups excluding carboxylic acids is 3. The molecule has 3 rings (SSSR count). The van der Waals surface area contributed by atoms with Gasteiger partial charge in [-0.3, -0.25) is 9.59 Å². The first-order chi connectivity index (χ1) is 13.7. The lowest BCUT2D eigenvalue weighted by atomic mass is 10.2. The standard InChI is InChI=1S/C20H13Br2NO6/c1-10(24)27-14-5-3-4-13(9-14)19-23-17(20(26)29-19)8-12-6-15(21)18(16(22)7-12)28-11(2)25/h3-9H,1-2H3/b17-8+. The van der Waals surface area contributed by atoms with Crippen LogP contribution < -0.4 is 9.47 Å². The summed E-state index contributed by atoms with van der Waals surface area (Å²) < 4.78 is 16.5. The Hall–Kier alpha value is -2.78. The molecule has 29 heavy (non-hydrogen) atoms. The van der Waals surface area contributed by atoms with Gasteiger partial charge in [0.1, 0.15) is 5.75 Å². The molecule has 148 valence electrons. The van der Waals surface area contributed by atoms with Crippen molar-refractivity contribution in [2.45, 2.75) is 13.8 Å². The van der Waals surface area contributed by atoms with Crippen LogP contribution in [-0.2, 0) is 19.1 Å². The van der Waals surface area contributed by atoms with Gasteiger partial charge in [0, 0.05) is 19.4 Å². The van der Waals surface area contributed by atoms with Crippen molar-refractivity contribution >= 4 is 61.7 Å². The average molecular weight is 523 g/mol. The summed E-state index contributed by atoms with van der Waals surface area (Å²) in [6.45, 7) is 2.60. The van der Waals surface area contributed by atoms with Crippen LogP contribution in [0.1, 0.15) is 25.0 Å². The third kappa shape index (κ3) is 5.18. The first kappa shape index (κ1) is 20.9. The molecule has 0 unspecified atom stereocenters. The maximum absolute atomic E-state index is 12.2. The summed E-state index contributed by atoms with van der Waals surface area (Å²) in [5, 5.41) is 0. The molecule has 1 aliphatic heterocycles. The molecule has 7 nitrogen and oxygen atoms in total. The van der Waals surface area contributed by atoms with E-state index in [-0.39, 0.29) is 11.6 Å². The number of cyclic esters (lactones) is 1. The molecule has 0 bridgehead atoms. The normalized spacial score (nSPS) is 14.4. The van der Waals surface area contributed by atoms with Crippen molar-refractivity contribution in [1.29, 1.82) is 0 Å². The second kappa shape index (κ2) is 8.71. The van der Waals surface area contributed by atoms with Crippen LogP contribution >= 0.6 is 31.9 Å². The van der Waals surface area contributed by atoms with Gasteiger partial charge in [-0.15, -0.1) is 0 Å². The molecule has 0 atom stereocenters. The first-order valence-electron chi connectivity index (χ1n) is 8.22. The van der Waals surface area contributed by atoms with E-state index in [4.69, 9.17) is 14.2 Å². The topological polar surface area (TPSA) is 91.3 Å². The van der Waals surface area contributed by atoms with E-state index in [2.05, 4.69) is 36.9 Å². The Labute approximate surface area is 182 Å². The van der Waals surface area contributed by atoms with Gasteiger partial charge in [0.25, 0.3) is 0 Å². The zero-order valence-electron chi connectivity index (χ0n) is 15.2. The molecule has 0 amide bonds. The van der Waals surface area contributed by atoms with Crippen LogP contribution in [0.15, 0.2) is 56.0 Å². The summed E-state index contributed by atoms with van der Waals surface area (Å²) in [6, 6.07) is 9.86. The predicted molar refractivity (Wildman–Crippen MR) is 112 cm³/mol. The van der Waals surface area contributed by atoms with Crippen LogP contribution in [0.4, 0.5) is 0 Å². The zero-order valence-corrected chi connectivity index (χ0v) is 18.4. The number of nitrogens with zero attached hydrogens (tertiary/aromatic N) is 1. The Balaban J connectivity index is 1.91. The Bertz CT molecular complexity index is 1070. The van der Waals surface area contributed by atoms with Crippen molar-refractivity contribution in [3.8, 4) is 11.5 Å². The lowest BCUT2D eigenvalue weighted by molar-refractivity contribution is -0.132. The van der Waals surface area contributed by atoms with Crippen molar-refractivity contribution in [2.75, 3.05) is 0 Å². The second-order valence-electron chi connectivity index (χ2n) is 5.86. The molecule has 0 aliphatic carbocycles. The summed E-state index contributed by atoms with van der Waals surface area (Å²) in [5.74, 6) is -0.775. The minimum atomic E-state index is -0.616. The molecule has 0 spiro atoms. The molecule has 0 saturated carbocycles. The van der Waals surface area contributed by atoms with Gasteiger partial charge in [0.05, 0.1) is 8.95 Å². The molecule has 0 aromatic heterocycles. The van der Waals surface area contributed by atoms with Crippen LogP contribution in [0.2, 0.25) is 0 Å². The zero-order chi connectivity index (χ0) is 21.1. The Morgan fingerprint density at radius 3 is 2.31 bits per heavy atom. The first-order valence-corrected chi connectivity index (χ1v) is 9.80. The summed E-state index contributed by atoms with van der Waals surface area (Å²) in [5.41, 5.74) is 1.22. The van der Waals surface area contributed by atoms with Gasteiger partial charge in [-0.05, 0) is 73.8 Å². The number of aliphatic imine (C=N–C) groups is 1. The SMILES string of the molecule is CC(=O)Oc1cccc(C2=N/C(=C/c3cc(Br)c(OC(C)=O)c(Br)c3)C(=O)O2)c1. The minimum Gasteiger partial charge on any atom is -0.427 e. The molecular weight excluding hydrogens is 510 g/mol. The van der Waals surface area contributed by atoms with Gasteiger partial charge in [0.2, 0.25) is 5.90 Å². The van der Waals surface area contributed by atoms with Crippen molar-refractivity contribution in [2.24, 2.45) is 4.99 Å². The summed E-state index contributed by atoms with van der Waals surface area (Å²) >= 11 is 6.67. The fourth-order valence-electron chi connectivity index (χ4n) is 2.45. The van der Waals surface area contributed by atoms with Gasteiger partial charge in [0.15, 0.2) is 11.4 Å². The highest BCUT2D eigenvalue weighted by atomic mass is 79.9. The van der Waals surface area contributed by atoms with Crippen LogP contribution in [0.3, 0.4) is 0 Å². The lowest BCUT2D eigenvalue weighted by Crippen LogP contribution is -2.06. The number of hydrogen-bond donors (Lipinski definition) is 0. The third-order valence-corrected chi connectivity index (χ3v) is 4.71. The quantitative estimate of drug-likeness (QED) is 0.335. The van der Waals surface area contributed by atoms with Crippen LogP contribution in [0.25, 0.3) is 6.08 Å². The molecule has 9 heteroatoms. The number of halogens is 2. The van der Waals surface area contributed by atoms with E-state index >= 15 is 0 Å². The molecule has 0 N–H and O–H groups in total. The van der Waals surface area contributed by atoms with Crippen molar-refractivity contribution in [3.05, 3.63) is 62.2 Å². The average Bonchev–Trinajstić information content (AvgIpc) is 2.98. The van der Waals surface area contributed by atoms with Gasteiger partial charge >= 0.3 is 17.9 Å². The third-order valence-electron chi connectivity index (χ3n) is 3.53. The summed E-state index contributed by atoms with van der Waals surface area (Å²) in [6.07, 6.45) is 1.54. The number of esters is 3. The van der Waals surface area contributed by atoms with E-state index in [1.807, 2.05) is 0 Å². The number of benzene rings is 2. The van der Waals surface area contributed by atoms with Crippen molar-refractivity contribution in [3.63, 3.8) is 0 Å². The molecule has 1 aliphatic rings. The molecule has 0 saturated heterocycles. The Kier molecular flexibility index (Phi) is 6.29. The predicted octanol–water partition coefficient (Wildman–Crippen LogP) is 4.41. The second-order valence-corrected chi connectivity index (χ2v) is 7.57. The highest BCUT2D eigenvalue weighted by Crippen LogP contribution is 2.36. The fourth-order valence-corrected chi connectivity index (χ4v) is 3.84. The Morgan fingerprint density at radius 2 is 1.69 bits per heavy atom. The maximum atomic E-state index is 12.2. The molecule has 0 radical (unpaired) electrons. The smallest absolute Gasteiger partial charge is 0.363 e. The van der Waals surface area contributed by atoms with Gasteiger partial charge < -0.3 is 14.2 Å². The van der Waals surface area contributed by atoms with E-state index in [9.17, 15) is 14.4 Å². The summed E-state index contributed by atoms with van der Waals surface area (Å²) in [7, 11) is 0. The summed E-state index contributed by atoms with van der Waals surface area (Å²) in [4.78, 5) is 38.8. The monoisotopic (exact) mass is 521 g/mol. The molecular formula is C20H13Br2NO6. The highest BCUT2D eigenvalue weighted by Gasteiger charge is 2.25. The lowest BCUT2D eigenvalue weighted by Gasteiger charge is -2.08. The Morgan fingerprint density at radius 1 is 1.03 bits per heavy atom. The van der Waals surface area contributed by atoms with E-state index < -0.39 is 17.9 Å². The number of rotatable bonds is 4. The van der Waals surface area contributed by atoms with Gasteiger partial charge in [-0.1, -0.05) is 6.07 Å². The fraction of sp³-hybridized carbons (Fsp3) is 0.100. The number of carbonyl (C=O) groups is 3. The van der Waals surface area contributed by atoms with E-state index in [0.717, 1.165) is 0 Å². The van der Waals surface area contributed by atoms with Crippen LogP contribution in [0, 0.1) is 0 Å². The van der Waals surface area contributed by atoms with E-state index in [0.29, 0.717) is 31.6 Å².